The monoisotopic (exact) mass is 296 g/mol. The van der Waals surface area contributed by atoms with Crippen LogP contribution in [-0.4, -0.2) is 57.9 Å². The molecule has 2 aliphatic heterocycles. The summed E-state index contributed by atoms with van der Waals surface area (Å²) in [4.78, 5) is 39.3. The van der Waals surface area contributed by atoms with Crippen LogP contribution in [0.15, 0.2) is 0 Å². The highest BCUT2D eigenvalue weighted by atomic mass is 16.4. The molecule has 3 atom stereocenters. The minimum Gasteiger partial charge on any atom is -0.481 e. The molecule has 2 saturated heterocycles. The van der Waals surface area contributed by atoms with Crippen molar-refractivity contribution in [2.75, 3.05) is 13.1 Å². The average molecular weight is 296 g/mol. The highest BCUT2D eigenvalue weighted by Gasteiger charge is 2.47. The Morgan fingerprint density at radius 1 is 1.48 bits per heavy atom. The zero-order valence-electron chi connectivity index (χ0n) is 13.0. The van der Waals surface area contributed by atoms with Crippen molar-refractivity contribution in [3.05, 3.63) is 0 Å². The summed E-state index contributed by atoms with van der Waals surface area (Å²) in [6, 6.07) is -0.573. The second-order valence-electron chi connectivity index (χ2n) is 6.52. The molecule has 0 spiro atoms. The van der Waals surface area contributed by atoms with Gasteiger partial charge in [-0.25, -0.2) is 0 Å². The van der Waals surface area contributed by atoms with Crippen LogP contribution in [-0.2, 0) is 14.4 Å². The van der Waals surface area contributed by atoms with Crippen molar-refractivity contribution in [1.29, 1.82) is 0 Å². The third kappa shape index (κ3) is 2.81. The maximum Gasteiger partial charge on any atom is 0.310 e. The van der Waals surface area contributed by atoms with E-state index in [1.807, 2.05) is 18.7 Å². The van der Waals surface area contributed by atoms with Crippen molar-refractivity contribution < 1.29 is 19.5 Å². The SMILES string of the molecule is CCC(C)N1C(=O)CC(N2CCCC(C)(C(=O)O)C2)C1=O. The van der Waals surface area contributed by atoms with E-state index in [4.69, 9.17) is 0 Å². The first-order valence-corrected chi connectivity index (χ1v) is 7.63. The molecule has 118 valence electrons. The van der Waals surface area contributed by atoms with Gasteiger partial charge >= 0.3 is 5.97 Å². The number of imide groups is 1. The number of rotatable bonds is 4. The fourth-order valence-electron chi connectivity index (χ4n) is 3.28. The third-order valence-electron chi connectivity index (χ3n) is 4.87. The molecule has 6 nitrogen and oxygen atoms in total. The van der Waals surface area contributed by atoms with Crippen LogP contribution < -0.4 is 0 Å². The van der Waals surface area contributed by atoms with Crippen LogP contribution in [0.2, 0.25) is 0 Å². The summed E-state index contributed by atoms with van der Waals surface area (Å²) in [7, 11) is 0. The molecule has 2 aliphatic rings. The van der Waals surface area contributed by atoms with E-state index in [-0.39, 0.29) is 24.3 Å². The van der Waals surface area contributed by atoms with Crippen molar-refractivity contribution in [3.63, 3.8) is 0 Å². The van der Waals surface area contributed by atoms with Crippen LogP contribution in [0.3, 0.4) is 0 Å². The van der Waals surface area contributed by atoms with E-state index in [9.17, 15) is 19.5 Å². The number of hydrogen-bond acceptors (Lipinski definition) is 4. The lowest BCUT2D eigenvalue weighted by molar-refractivity contribution is -0.153. The fraction of sp³-hybridized carbons (Fsp3) is 0.800. The fourth-order valence-corrected chi connectivity index (χ4v) is 3.28. The topological polar surface area (TPSA) is 77.9 Å². The smallest absolute Gasteiger partial charge is 0.310 e. The molecule has 2 amide bonds. The Bertz CT molecular complexity index is 465. The Kier molecular flexibility index (Phi) is 4.37. The minimum atomic E-state index is -0.831. The number of likely N-dealkylation sites (tertiary alicyclic amines) is 2. The summed E-state index contributed by atoms with van der Waals surface area (Å²) in [6.07, 6.45) is 2.27. The highest BCUT2D eigenvalue weighted by molar-refractivity contribution is 6.05. The lowest BCUT2D eigenvalue weighted by atomic mass is 9.81. The predicted molar refractivity (Wildman–Crippen MR) is 76.6 cm³/mol. The lowest BCUT2D eigenvalue weighted by Crippen LogP contribution is -2.52. The van der Waals surface area contributed by atoms with Gasteiger partial charge in [0.2, 0.25) is 11.8 Å². The number of carboxylic acid groups (broad SMARTS) is 1. The number of nitrogens with zero attached hydrogens (tertiary/aromatic N) is 2. The third-order valence-corrected chi connectivity index (χ3v) is 4.87. The predicted octanol–water partition coefficient (Wildman–Crippen LogP) is 1.10. The van der Waals surface area contributed by atoms with Gasteiger partial charge < -0.3 is 5.11 Å². The van der Waals surface area contributed by atoms with Gasteiger partial charge in [-0.3, -0.25) is 24.2 Å². The molecular weight excluding hydrogens is 272 g/mol. The van der Waals surface area contributed by atoms with E-state index in [0.29, 0.717) is 19.5 Å². The summed E-state index contributed by atoms with van der Waals surface area (Å²) < 4.78 is 0. The molecule has 2 heterocycles. The summed E-state index contributed by atoms with van der Waals surface area (Å²) in [5.74, 6) is -1.13. The largest absolute Gasteiger partial charge is 0.481 e. The highest BCUT2D eigenvalue weighted by Crippen LogP contribution is 2.33. The Morgan fingerprint density at radius 3 is 2.71 bits per heavy atom. The molecule has 21 heavy (non-hydrogen) atoms. The van der Waals surface area contributed by atoms with Crippen molar-refractivity contribution in [2.24, 2.45) is 5.41 Å². The van der Waals surface area contributed by atoms with Gasteiger partial charge in [0, 0.05) is 12.6 Å². The zero-order valence-corrected chi connectivity index (χ0v) is 13.0. The molecule has 0 bridgehead atoms. The van der Waals surface area contributed by atoms with E-state index in [1.54, 1.807) is 6.92 Å². The Labute approximate surface area is 125 Å². The van der Waals surface area contributed by atoms with Gasteiger partial charge in [0.15, 0.2) is 0 Å². The summed E-state index contributed by atoms with van der Waals surface area (Å²) >= 11 is 0. The van der Waals surface area contributed by atoms with E-state index in [2.05, 4.69) is 0 Å². The first-order chi connectivity index (χ1) is 9.80. The molecule has 0 aromatic heterocycles. The number of amides is 2. The van der Waals surface area contributed by atoms with Crippen LogP contribution in [0.1, 0.15) is 46.5 Å². The first kappa shape index (κ1) is 15.9. The van der Waals surface area contributed by atoms with Gasteiger partial charge in [-0.05, 0) is 39.7 Å². The second kappa shape index (κ2) is 5.75. The number of carbonyl (C=O) groups excluding carboxylic acids is 2. The molecule has 0 radical (unpaired) electrons. The molecule has 3 unspecified atom stereocenters. The summed E-state index contributed by atoms with van der Waals surface area (Å²) in [6.45, 7) is 6.55. The van der Waals surface area contributed by atoms with Gasteiger partial charge in [0.05, 0.1) is 17.9 Å². The number of piperidine rings is 1. The molecule has 1 N–H and O–H groups in total. The Balaban J connectivity index is 2.14. The van der Waals surface area contributed by atoms with Crippen LogP contribution in [0.5, 0.6) is 0 Å². The number of aliphatic carboxylic acids is 1. The van der Waals surface area contributed by atoms with E-state index in [1.165, 1.54) is 4.90 Å². The summed E-state index contributed by atoms with van der Waals surface area (Å²) in [5, 5.41) is 9.37. The van der Waals surface area contributed by atoms with Crippen LogP contribution in [0.4, 0.5) is 0 Å². The number of carboxylic acids is 1. The maximum absolute atomic E-state index is 12.5. The lowest BCUT2D eigenvalue weighted by Gasteiger charge is -2.39. The number of hydrogen-bond donors (Lipinski definition) is 1. The van der Waals surface area contributed by atoms with Gasteiger partial charge in [0.25, 0.3) is 0 Å². The average Bonchev–Trinajstić information content (AvgIpc) is 2.73. The standard InChI is InChI=1S/C15H24N2O4/c1-4-10(2)17-12(18)8-11(13(17)19)16-7-5-6-15(3,9-16)14(20)21/h10-11H,4-9H2,1-3H3,(H,20,21). The maximum atomic E-state index is 12.5. The van der Waals surface area contributed by atoms with Crippen molar-refractivity contribution >= 4 is 17.8 Å². The van der Waals surface area contributed by atoms with Crippen molar-refractivity contribution in [1.82, 2.24) is 9.80 Å². The van der Waals surface area contributed by atoms with Crippen molar-refractivity contribution in [3.8, 4) is 0 Å². The van der Waals surface area contributed by atoms with Gasteiger partial charge in [0.1, 0.15) is 0 Å². The molecule has 0 aromatic rings. The Morgan fingerprint density at radius 2 is 2.14 bits per heavy atom. The molecule has 2 rings (SSSR count). The quantitative estimate of drug-likeness (QED) is 0.786. The summed E-state index contributed by atoms with van der Waals surface area (Å²) in [5.41, 5.74) is -0.828. The first-order valence-electron chi connectivity index (χ1n) is 7.63. The van der Waals surface area contributed by atoms with Crippen LogP contribution in [0, 0.1) is 5.41 Å². The molecule has 6 heteroatoms. The zero-order chi connectivity index (χ0) is 15.8. The Hall–Kier alpha value is -1.43. The van der Waals surface area contributed by atoms with E-state index >= 15 is 0 Å². The van der Waals surface area contributed by atoms with Gasteiger partial charge in [-0.1, -0.05) is 6.92 Å². The molecule has 0 aliphatic carbocycles. The van der Waals surface area contributed by atoms with Crippen molar-refractivity contribution in [2.45, 2.75) is 58.5 Å². The van der Waals surface area contributed by atoms with Crippen LogP contribution >= 0.6 is 0 Å². The van der Waals surface area contributed by atoms with E-state index in [0.717, 1.165) is 12.8 Å². The van der Waals surface area contributed by atoms with E-state index < -0.39 is 17.4 Å². The van der Waals surface area contributed by atoms with Crippen LogP contribution in [0.25, 0.3) is 0 Å². The van der Waals surface area contributed by atoms with Gasteiger partial charge in [-0.2, -0.15) is 0 Å². The normalized spacial score (nSPS) is 32.5. The molecule has 0 aromatic carbocycles. The van der Waals surface area contributed by atoms with Gasteiger partial charge in [-0.15, -0.1) is 0 Å². The second-order valence-corrected chi connectivity index (χ2v) is 6.52. The molecular formula is C15H24N2O4. The molecule has 0 saturated carbocycles. The number of carbonyl (C=O) groups is 3. The minimum absolute atomic E-state index is 0.0920. The molecule has 2 fully saturated rings.